The van der Waals surface area contributed by atoms with E-state index in [2.05, 4.69) is 5.32 Å². The van der Waals surface area contributed by atoms with Crippen molar-refractivity contribution >= 4 is 5.97 Å². The van der Waals surface area contributed by atoms with E-state index < -0.39 is 17.7 Å². The van der Waals surface area contributed by atoms with E-state index in [4.69, 9.17) is 5.11 Å². The van der Waals surface area contributed by atoms with Crippen LogP contribution < -0.4 is 5.32 Å². The second kappa shape index (κ2) is 5.86. The number of carboxylic acids is 1. The molecule has 0 aliphatic carbocycles. The van der Waals surface area contributed by atoms with Crippen LogP contribution in [0.15, 0.2) is 24.3 Å². The van der Waals surface area contributed by atoms with Gasteiger partial charge in [-0.2, -0.15) is 13.2 Å². The van der Waals surface area contributed by atoms with E-state index in [0.717, 1.165) is 6.07 Å². The van der Waals surface area contributed by atoms with Gasteiger partial charge in [0.15, 0.2) is 0 Å². The summed E-state index contributed by atoms with van der Waals surface area (Å²) in [5.41, 5.74) is -0.581. The van der Waals surface area contributed by atoms with Crippen LogP contribution >= 0.6 is 0 Å². The van der Waals surface area contributed by atoms with Gasteiger partial charge in [-0.1, -0.05) is 18.2 Å². The highest BCUT2D eigenvalue weighted by Gasteiger charge is 2.32. The first-order valence-corrected chi connectivity index (χ1v) is 5.41. The second-order valence-corrected chi connectivity index (χ2v) is 4.03. The molecule has 3 nitrogen and oxygen atoms in total. The molecule has 0 saturated carbocycles. The Morgan fingerprint density at radius 3 is 2.56 bits per heavy atom. The molecule has 2 N–H and O–H groups in total. The van der Waals surface area contributed by atoms with Gasteiger partial charge in [-0.05, 0) is 18.6 Å². The van der Waals surface area contributed by atoms with E-state index >= 15 is 0 Å². The number of benzene rings is 1. The first kappa shape index (κ1) is 14.5. The van der Waals surface area contributed by atoms with Crippen molar-refractivity contribution in [2.24, 2.45) is 0 Å². The second-order valence-electron chi connectivity index (χ2n) is 4.03. The van der Waals surface area contributed by atoms with E-state index in [-0.39, 0.29) is 24.6 Å². The van der Waals surface area contributed by atoms with Gasteiger partial charge in [-0.25, -0.2) is 0 Å². The quantitative estimate of drug-likeness (QED) is 0.856. The summed E-state index contributed by atoms with van der Waals surface area (Å²) >= 11 is 0. The number of aliphatic carboxylic acids is 1. The fourth-order valence-corrected chi connectivity index (χ4v) is 1.57. The van der Waals surface area contributed by atoms with Gasteiger partial charge in [0.2, 0.25) is 0 Å². The van der Waals surface area contributed by atoms with Gasteiger partial charge in [0.05, 0.1) is 12.0 Å². The van der Waals surface area contributed by atoms with Crippen LogP contribution in [0.3, 0.4) is 0 Å². The zero-order valence-electron chi connectivity index (χ0n) is 9.79. The van der Waals surface area contributed by atoms with Crippen molar-refractivity contribution in [1.82, 2.24) is 5.32 Å². The Balaban J connectivity index is 2.71. The molecule has 1 rings (SSSR count). The highest BCUT2D eigenvalue weighted by Crippen LogP contribution is 2.31. The third kappa shape index (κ3) is 4.37. The summed E-state index contributed by atoms with van der Waals surface area (Å²) in [5.74, 6) is -0.987. The summed E-state index contributed by atoms with van der Waals surface area (Å²) < 4.78 is 38.0. The van der Waals surface area contributed by atoms with Crippen LogP contribution in [0.1, 0.15) is 24.5 Å². The Hall–Kier alpha value is -1.56. The molecular formula is C12H14F3NO2. The lowest BCUT2D eigenvalue weighted by Crippen LogP contribution is -2.28. The molecule has 0 saturated heterocycles. The minimum Gasteiger partial charge on any atom is -0.481 e. The number of rotatable bonds is 5. The van der Waals surface area contributed by atoms with E-state index in [0.29, 0.717) is 0 Å². The molecule has 0 radical (unpaired) electrons. The predicted molar refractivity (Wildman–Crippen MR) is 60.0 cm³/mol. The minimum absolute atomic E-state index is 0.00979. The maximum atomic E-state index is 12.7. The molecule has 1 atom stereocenters. The van der Waals surface area contributed by atoms with Crippen molar-refractivity contribution in [3.8, 4) is 0 Å². The molecule has 0 heterocycles. The molecule has 0 spiro atoms. The van der Waals surface area contributed by atoms with Crippen LogP contribution in [0.5, 0.6) is 0 Å². The molecule has 6 heteroatoms. The average Bonchev–Trinajstić information content (AvgIpc) is 2.24. The Labute approximate surface area is 103 Å². The third-order valence-electron chi connectivity index (χ3n) is 2.44. The van der Waals surface area contributed by atoms with Crippen LogP contribution in [0, 0.1) is 0 Å². The van der Waals surface area contributed by atoms with Crippen LogP contribution in [0.25, 0.3) is 0 Å². The topological polar surface area (TPSA) is 49.3 Å². The zero-order valence-corrected chi connectivity index (χ0v) is 9.79. The van der Waals surface area contributed by atoms with Crippen molar-refractivity contribution in [2.75, 3.05) is 0 Å². The Bertz CT molecular complexity index is 418. The van der Waals surface area contributed by atoms with Crippen LogP contribution in [-0.4, -0.2) is 17.1 Å². The maximum absolute atomic E-state index is 12.7. The highest BCUT2D eigenvalue weighted by molar-refractivity contribution is 5.67. The number of halogens is 3. The standard InChI is InChI=1S/C12H14F3NO2/c1-8(6-11(17)18)16-7-9-4-2-3-5-10(9)12(13,14)15/h2-5,8,16H,6-7H2,1H3,(H,17,18). The van der Waals surface area contributed by atoms with Crippen LogP contribution in [0.2, 0.25) is 0 Å². The number of nitrogens with one attached hydrogen (secondary N) is 1. The molecular weight excluding hydrogens is 247 g/mol. The number of hydrogen-bond donors (Lipinski definition) is 2. The molecule has 0 amide bonds. The lowest BCUT2D eigenvalue weighted by Gasteiger charge is -2.15. The normalized spacial score (nSPS) is 13.3. The van der Waals surface area contributed by atoms with Gasteiger partial charge in [0, 0.05) is 12.6 Å². The van der Waals surface area contributed by atoms with Crippen molar-refractivity contribution in [2.45, 2.75) is 32.1 Å². The first-order valence-electron chi connectivity index (χ1n) is 5.41. The van der Waals surface area contributed by atoms with Gasteiger partial charge in [0.25, 0.3) is 0 Å². The van der Waals surface area contributed by atoms with Gasteiger partial charge in [0.1, 0.15) is 0 Å². The molecule has 1 unspecified atom stereocenters. The molecule has 0 bridgehead atoms. The van der Waals surface area contributed by atoms with Crippen molar-refractivity contribution in [3.05, 3.63) is 35.4 Å². The minimum atomic E-state index is -4.39. The summed E-state index contributed by atoms with van der Waals surface area (Å²) in [5, 5.41) is 11.3. The monoisotopic (exact) mass is 261 g/mol. The summed E-state index contributed by atoms with van der Waals surface area (Å²) in [6.07, 6.45) is -4.53. The van der Waals surface area contributed by atoms with Crippen LogP contribution in [0.4, 0.5) is 13.2 Å². The van der Waals surface area contributed by atoms with Crippen molar-refractivity contribution in [3.63, 3.8) is 0 Å². The molecule has 1 aromatic carbocycles. The lowest BCUT2D eigenvalue weighted by atomic mass is 10.1. The lowest BCUT2D eigenvalue weighted by molar-refractivity contribution is -0.139. The number of carboxylic acid groups (broad SMARTS) is 1. The summed E-state index contributed by atoms with van der Waals surface area (Å²) in [4.78, 5) is 10.4. The van der Waals surface area contributed by atoms with Gasteiger partial charge in [-0.3, -0.25) is 4.79 Å². The average molecular weight is 261 g/mol. The van der Waals surface area contributed by atoms with Crippen LogP contribution in [-0.2, 0) is 17.5 Å². The SMILES string of the molecule is CC(CC(=O)O)NCc1ccccc1C(F)(F)F. The van der Waals surface area contributed by atoms with Gasteiger partial charge >= 0.3 is 12.1 Å². The summed E-state index contributed by atoms with van der Waals surface area (Å²) in [7, 11) is 0. The smallest absolute Gasteiger partial charge is 0.416 e. The third-order valence-corrected chi connectivity index (χ3v) is 2.44. The van der Waals surface area contributed by atoms with E-state index in [9.17, 15) is 18.0 Å². The number of carbonyl (C=O) groups is 1. The van der Waals surface area contributed by atoms with Gasteiger partial charge < -0.3 is 10.4 Å². The Morgan fingerprint density at radius 1 is 1.39 bits per heavy atom. The fourth-order valence-electron chi connectivity index (χ4n) is 1.57. The zero-order chi connectivity index (χ0) is 13.8. The van der Waals surface area contributed by atoms with Crippen molar-refractivity contribution in [1.29, 1.82) is 0 Å². The highest BCUT2D eigenvalue weighted by atomic mass is 19.4. The molecule has 0 aliphatic rings. The molecule has 1 aromatic rings. The van der Waals surface area contributed by atoms with Crippen molar-refractivity contribution < 1.29 is 23.1 Å². The van der Waals surface area contributed by atoms with E-state index in [1.807, 2.05) is 0 Å². The Morgan fingerprint density at radius 2 is 2.00 bits per heavy atom. The Kier molecular flexibility index (Phi) is 4.72. The van der Waals surface area contributed by atoms with E-state index in [1.165, 1.54) is 18.2 Å². The molecule has 100 valence electrons. The maximum Gasteiger partial charge on any atom is 0.416 e. The molecule has 18 heavy (non-hydrogen) atoms. The summed E-state index contributed by atoms with van der Waals surface area (Å²) in [6.45, 7) is 1.61. The van der Waals surface area contributed by atoms with Gasteiger partial charge in [-0.15, -0.1) is 0 Å². The number of hydrogen-bond acceptors (Lipinski definition) is 2. The van der Waals surface area contributed by atoms with E-state index in [1.54, 1.807) is 6.92 Å². The first-order chi connectivity index (χ1) is 8.30. The predicted octanol–water partition coefficient (Wildman–Crippen LogP) is 2.66. The molecule has 0 fully saturated rings. The molecule has 0 aliphatic heterocycles. The molecule has 0 aromatic heterocycles. The summed E-state index contributed by atoms with van der Waals surface area (Å²) in [6, 6.07) is 4.85. The fraction of sp³-hybridized carbons (Fsp3) is 0.417. The number of alkyl halides is 3. The largest absolute Gasteiger partial charge is 0.481 e.